The fraction of sp³-hybridized carbons (Fsp3) is 0.176. The summed E-state index contributed by atoms with van der Waals surface area (Å²) in [5.41, 5.74) is 1.96. The van der Waals surface area contributed by atoms with Gasteiger partial charge in [-0.2, -0.15) is 5.10 Å². The second kappa shape index (κ2) is 6.80. The van der Waals surface area contributed by atoms with Crippen LogP contribution in [0.4, 0.5) is 5.82 Å². The maximum absolute atomic E-state index is 12.4. The van der Waals surface area contributed by atoms with Gasteiger partial charge < -0.3 is 5.32 Å². The van der Waals surface area contributed by atoms with E-state index in [1.54, 1.807) is 42.1 Å². The second-order valence-corrected chi connectivity index (χ2v) is 5.66. The Morgan fingerprint density at radius 2 is 2.08 bits per heavy atom. The minimum absolute atomic E-state index is 0.296. The van der Waals surface area contributed by atoms with Crippen molar-refractivity contribution in [2.24, 2.45) is 0 Å². The van der Waals surface area contributed by atoms with Gasteiger partial charge >= 0.3 is 0 Å². The van der Waals surface area contributed by atoms with E-state index in [0.717, 1.165) is 17.8 Å². The summed E-state index contributed by atoms with van der Waals surface area (Å²) in [7, 11) is 0. The number of anilines is 1. The zero-order valence-electron chi connectivity index (χ0n) is 13.3. The van der Waals surface area contributed by atoms with Crippen molar-refractivity contribution < 1.29 is 4.79 Å². The number of nitrogens with zero attached hydrogens (tertiary/aromatic N) is 4. The molecule has 0 saturated carbocycles. The summed E-state index contributed by atoms with van der Waals surface area (Å²) in [6.07, 6.45) is 2.49. The zero-order valence-corrected chi connectivity index (χ0v) is 14.1. The molecule has 0 unspecified atom stereocenters. The summed E-state index contributed by atoms with van der Waals surface area (Å²) >= 11 is 5.98. The Balaban J connectivity index is 1.80. The molecule has 0 fully saturated rings. The van der Waals surface area contributed by atoms with Crippen LogP contribution in [0.15, 0.2) is 42.6 Å². The van der Waals surface area contributed by atoms with Gasteiger partial charge in [0, 0.05) is 23.0 Å². The predicted octanol–water partition coefficient (Wildman–Crippen LogP) is 3.44. The molecule has 0 radical (unpaired) electrons. The third-order valence-electron chi connectivity index (χ3n) is 3.39. The van der Waals surface area contributed by atoms with Gasteiger partial charge in [-0.15, -0.1) is 0 Å². The van der Waals surface area contributed by atoms with Gasteiger partial charge in [0.05, 0.1) is 5.69 Å². The lowest BCUT2D eigenvalue weighted by Gasteiger charge is -2.05. The molecule has 0 bridgehead atoms. The number of hydrogen-bond donors (Lipinski definition) is 1. The van der Waals surface area contributed by atoms with Crippen molar-refractivity contribution in [3.8, 4) is 5.69 Å². The molecule has 7 heteroatoms. The minimum Gasteiger partial charge on any atom is -0.305 e. The van der Waals surface area contributed by atoms with E-state index in [-0.39, 0.29) is 5.91 Å². The largest absolute Gasteiger partial charge is 0.305 e. The maximum atomic E-state index is 12.4. The van der Waals surface area contributed by atoms with Crippen LogP contribution in [0.1, 0.15) is 28.9 Å². The average molecular weight is 342 g/mol. The van der Waals surface area contributed by atoms with Crippen LogP contribution in [0.5, 0.6) is 0 Å². The zero-order chi connectivity index (χ0) is 17.1. The topological polar surface area (TPSA) is 72.7 Å². The van der Waals surface area contributed by atoms with E-state index >= 15 is 0 Å². The van der Waals surface area contributed by atoms with Crippen LogP contribution in [-0.4, -0.2) is 25.7 Å². The first-order chi connectivity index (χ1) is 11.5. The van der Waals surface area contributed by atoms with E-state index in [9.17, 15) is 4.79 Å². The molecule has 24 heavy (non-hydrogen) atoms. The second-order valence-electron chi connectivity index (χ2n) is 5.22. The van der Waals surface area contributed by atoms with Crippen molar-refractivity contribution in [1.29, 1.82) is 0 Å². The SMILES string of the molecule is CCc1cc(NC(=O)c2ccn(-c3cccc(Cl)c3)n2)nc(C)n1. The number of rotatable bonds is 4. The van der Waals surface area contributed by atoms with Crippen LogP contribution in [-0.2, 0) is 6.42 Å². The van der Waals surface area contributed by atoms with Crippen molar-refractivity contribution in [2.75, 3.05) is 5.32 Å². The normalized spacial score (nSPS) is 10.6. The van der Waals surface area contributed by atoms with Crippen LogP contribution in [0.25, 0.3) is 5.69 Å². The molecule has 0 aliphatic heterocycles. The Morgan fingerprint density at radius 1 is 1.25 bits per heavy atom. The summed E-state index contributed by atoms with van der Waals surface area (Å²) in [5, 5.41) is 7.65. The van der Waals surface area contributed by atoms with Crippen molar-refractivity contribution in [3.63, 3.8) is 0 Å². The highest BCUT2D eigenvalue weighted by Crippen LogP contribution is 2.15. The quantitative estimate of drug-likeness (QED) is 0.789. The van der Waals surface area contributed by atoms with Gasteiger partial charge in [0.1, 0.15) is 11.6 Å². The number of nitrogens with one attached hydrogen (secondary N) is 1. The minimum atomic E-state index is -0.323. The number of aromatic nitrogens is 4. The monoisotopic (exact) mass is 341 g/mol. The van der Waals surface area contributed by atoms with Gasteiger partial charge in [-0.25, -0.2) is 14.6 Å². The molecule has 1 aromatic carbocycles. The van der Waals surface area contributed by atoms with Crippen molar-refractivity contribution in [2.45, 2.75) is 20.3 Å². The van der Waals surface area contributed by atoms with Crippen LogP contribution in [0.2, 0.25) is 5.02 Å². The molecule has 6 nitrogen and oxygen atoms in total. The van der Waals surface area contributed by atoms with Gasteiger partial charge in [0.25, 0.3) is 5.91 Å². The third kappa shape index (κ3) is 3.60. The standard InChI is InChI=1S/C17H16ClN5O/c1-3-13-10-16(20-11(2)19-13)21-17(24)15-7-8-23(22-15)14-6-4-5-12(18)9-14/h4-10H,3H2,1-2H3,(H,19,20,21,24). The Kier molecular flexibility index (Phi) is 4.57. The van der Waals surface area contributed by atoms with E-state index < -0.39 is 0 Å². The Labute approximate surface area is 144 Å². The maximum Gasteiger partial charge on any atom is 0.277 e. The van der Waals surface area contributed by atoms with Gasteiger partial charge in [0.15, 0.2) is 5.69 Å². The van der Waals surface area contributed by atoms with E-state index in [1.807, 2.05) is 19.1 Å². The third-order valence-corrected chi connectivity index (χ3v) is 3.62. The fourth-order valence-electron chi connectivity index (χ4n) is 2.26. The number of carbonyl (C=O) groups excluding carboxylic acids is 1. The van der Waals surface area contributed by atoms with Crippen LogP contribution in [0.3, 0.4) is 0 Å². The van der Waals surface area contributed by atoms with Crippen molar-refractivity contribution in [1.82, 2.24) is 19.7 Å². The Hall–Kier alpha value is -2.73. The molecule has 0 saturated heterocycles. The van der Waals surface area contributed by atoms with Crippen molar-refractivity contribution in [3.05, 3.63) is 64.8 Å². The summed E-state index contributed by atoms with van der Waals surface area (Å²) < 4.78 is 1.60. The molecule has 3 rings (SSSR count). The lowest BCUT2D eigenvalue weighted by molar-refractivity contribution is 0.102. The predicted molar refractivity (Wildman–Crippen MR) is 92.7 cm³/mol. The van der Waals surface area contributed by atoms with Crippen LogP contribution in [0, 0.1) is 6.92 Å². The Bertz CT molecular complexity index is 890. The highest BCUT2D eigenvalue weighted by Gasteiger charge is 2.12. The molecular formula is C17H16ClN5O. The molecule has 0 spiro atoms. The number of hydrogen-bond acceptors (Lipinski definition) is 4. The number of aryl methyl sites for hydroxylation is 2. The summed E-state index contributed by atoms with van der Waals surface area (Å²) in [5.74, 6) is 0.770. The number of halogens is 1. The first-order valence-corrected chi connectivity index (χ1v) is 7.90. The molecule has 0 aliphatic carbocycles. The number of benzene rings is 1. The molecule has 2 heterocycles. The summed E-state index contributed by atoms with van der Waals surface area (Å²) in [6.45, 7) is 3.79. The highest BCUT2D eigenvalue weighted by atomic mass is 35.5. The van der Waals surface area contributed by atoms with E-state index in [0.29, 0.717) is 22.4 Å². The molecule has 1 amide bonds. The van der Waals surface area contributed by atoms with Crippen molar-refractivity contribution >= 4 is 23.3 Å². The molecule has 0 atom stereocenters. The molecule has 0 aliphatic rings. The fourth-order valence-corrected chi connectivity index (χ4v) is 2.45. The van der Waals surface area contributed by atoms with Gasteiger partial charge in [-0.05, 0) is 37.6 Å². The van der Waals surface area contributed by atoms with Crippen LogP contribution < -0.4 is 5.32 Å². The van der Waals surface area contributed by atoms with E-state index in [2.05, 4.69) is 20.4 Å². The van der Waals surface area contributed by atoms with Crippen LogP contribution >= 0.6 is 11.6 Å². The van der Waals surface area contributed by atoms with Gasteiger partial charge in [0.2, 0.25) is 0 Å². The molecule has 1 N–H and O–H groups in total. The van der Waals surface area contributed by atoms with E-state index in [4.69, 9.17) is 11.6 Å². The molecule has 2 aromatic heterocycles. The average Bonchev–Trinajstić information content (AvgIpc) is 3.04. The number of amides is 1. The molecule has 3 aromatic rings. The smallest absolute Gasteiger partial charge is 0.277 e. The lowest BCUT2D eigenvalue weighted by Crippen LogP contribution is -2.15. The molecule has 122 valence electrons. The lowest BCUT2D eigenvalue weighted by atomic mass is 10.3. The highest BCUT2D eigenvalue weighted by molar-refractivity contribution is 6.30. The first-order valence-electron chi connectivity index (χ1n) is 7.52. The van der Waals surface area contributed by atoms with E-state index in [1.165, 1.54) is 0 Å². The molecular weight excluding hydrogens is 326 g/mol. The summed E-state index contributed by atoms with van der Waals surface area (Å²) in [4.78, 5) is 20.9. The Morgan fingerprint density at radius 3 is 2.83 bits per heavy atom. The summed E-state index contributed by atoms with van der Waals surface area (Å²) in [6, 6.07) is 10.7. The van der Waals surface area contributed by atoms with Gasteiger partial charge in [-0.3, -0.25) is 4.79 Å². The van der Waals surface area contributed by atoms with Gasteiger partial charge in [-0.1, -0.05) is 24.6 Å². The first kappa shape index (κ1) is 16.1. The number of carbonyl (C=O) groups is 1.